The lowest BCUT2D eigenvalue weighted by atomic mass is 9.97. The van der Waals surface area contributed by atoms with E-state index >= 15 is 0 Å². The van der Waals surface area contributed by atoms with Crippen LogP contribution in [-0.4, -0.2) is 44.4 Å². The van der Waals surface area contributed by atoms with Gasteiger partial charge in [-0.05, 0) is 52.5 Å². The van der Waals surface area contributed by atoms with Crippen molar-refractivity contribution in [3.8, 4) is 0 Å². The van der Waals surface area contributed by atoms with Crippen molar-refractivity contribution in [2.24, 2.45) is 5.73 Å². The van der Waals surface area contributed by atoms with Crippen LogP contribution in [0.5, 0.6) is 0 Å². The lowest BCUT2D eigenvalue weighted by Crippen LogP contribution is -2.48. The van der Waals surface area contributed by atoms with E-state index in [1.165, 1.54) is 6.42 Å². The predicted molar refractivity (Wildman–Crippen MR) is 77.0 cm³/mol. The normalized spacial score (nSPS) is 23.1. The molecule has 20 heavy (non-hydrogen) atoms. The van der Waals surface area contributed by atoms with Gasteiger partial charge in [0.25, 0.3) is 0 Å². The summed E-state index contributed by atoms with van der Waals surface area (Å²) in [6.07, 6.45) is 6.96. The third-order valence-electron chi connectivity index (χ3n) is 4.00. The number of carbonyl (C=O) groups is 1. The molecule has 1 aliphatic heterocycles. The van der Waals surface area contributed by atoms with Crippen LogP contribution in [0.4, 0.5) is 0 Å². The average molecular weight is 279 g/mol. The summed E-state index contributed by atoms with van der Waals surface area (Å²) in [6, 6.07) is 0.651. The molecule has 6 heteroatoms. The Labute approximate surface area is 120 Å². The molecule has 2 N–H and O–H groups in total. The molecule has 0 aromatic carbocycles. The highest BCUT2D eigenvalue weighted by molar-refractivity contribution is 5.76. The molecule has 2 atom stereocenters. The first kappa shape index (κ1) is 15.0. The molecule has 112 valence electrons. The van der Waals surface area contributed by atoms with E-state index < -0.39 is 0 Å². The summed E-state index contributed by atoms with van der Waals surface area (Å²) in [7, 11) is 0. The molecule has 1 fully saturated rings. The average Bonchev–Trinajstić information content (AvgIpc) is 2.83. The van der Waals surface area contributed by atoms with Crippen LogP contribution in [0.15, 0.2) is 6.20 Å². The Bertz CT molecular complexity index is 435. The van der Waals surface area contributed by atoms with E-state index in [2.05, 4.69) is 24.2 Å². The second kappa shape index (κ2) is 6.83. The van der Waals surface area contributed by atoms with E-state index in [4.69, 9.17) is 5.73 Å². The van der Waals surface area contributed by atoms with Crippen LogP contribution in [0.25, 0.3) is 0 Å². The van der Waals surface area contributed by atoms with E-state index in [0.29, 0.717) is 18.6 Å². The minimum absolute atomic E-state index is 0.139. The fourth-order valence-corrected chi connectivity index (χ4v) is 2.95. The van der Waals surface area contributed by atoms with E-state index in [1.807, 2.05) is 11.1 Å². The molecule has 1 aliphatic rings. The van der Waals surface area contributed by atoms with Gasteiger partial charge < -0.3 is 10.6 Å². The van der Waals surface area contributed by atoms with Gasteiger partial charge in [-0.2, -0.15) is 0 Å². The third kappa shape index (κ3) is 3.56. The number of hydrogen-bond donors (Lipinski definition) is 1. The zero-order chi connectivity index (χ0) is 14.5. The molecule has 0 radical (unpaired) electrons. The molecule has 1 amide bonds. The van der Waals surface area contributed by atoms with Gasteiger partial charge in [-0.1, -0.05) is 5.21 Å². The summed E-state index contributed by atoms with van der Waals surface area (Å²) < 4.78 is 1.64. The number of piperidine rings is 1. The van der Waals surface area contributed by atoms with Crippen LogP contribution >= 0.6 is 0 Å². The largest absolute Gasteiger partial charge is 0.336 e. The SMILES string of the molecule is CC1CCCC(C)N1C(=O)Cn1cc(CCCN)nn1. The highest BCUT2D eigenvalue weighted by Gasteiger charge is 2.28. The maximum atomic E-state index is 12.4. The summed E-state index contributed by atoms with van der Waals surface area (Å²) in [4.78, 5) is 14.4. The van der Waals surface area contributed by atoms with Crippen LogP contribution in [0, 0.1) is 0 Å². The van der Waals surface area contributed by atoms with Crippen molar-refractivity contribution < 1.29 is 4.79 Å². The molecule has 6 nitrogen and oxygen atoms in total. The van der Waals surface area contributed by atoms with Gasteiger partial charge in [0.15, 0.2) is 0 Å². The Hall–Kier alpha value is -1.43. The summed E-state index contributed by atoms with van der Waals surface area (Å²) in [5.74, 6) is 0.139. The summed E-state index contributed by atoms with van der Waals surface area (Å²) in [5.41, 5.74) is 6.38. The summed E-state index contributed by atoms with van der Waals surface area (Å²) >= 11 is 0. The monoisotopic (exact) mass is 279 g/mol. The van der Waals surface area contributed by atoms with Crippen LogP contribution in [0.2, 0.25) is 0 Å². The van der Waals surface area contributed by atoms with Gasteiger partial charge in [0.05, 0.1) is 5.69 Å². The van der Waals surface area contributed by atoms with E-state index in [0.717, 1.165) is 31.4 Å². The Morgan fingerprint density at radius 3 is 2.75 bits per heavy atom. The lowest BCUT2D eigenvalue weighted by molar-refractivity contribution is -0.138. The topological polar surface area (TPSA) is 77.0 Å². The number of aryl methyl sites for hydroxylation is 1. The number of nitrogens with zero attached hydrogens (tertiary/aromatic N) is 4. The number of likely N-dealkylation sites (tertiary alicyclic amines) is 1. The van der Waals surface area contributed by atoms with Gasteiger partial charge in [-0.15, -0.1) is 5.10 Å². The van der Waals surface area contributed by atoms with Gasteiger partial charge in [0, 0.05) is 18.3 Å². The van der Waals surface area contributed by atoms with Crippen molar-refractivity contribution in [3.63, 3.8) is 0 Å². The van der Waals surface area contributed by atoms with Crippen LogP contribution in [0.3, 0.4) is 0 Å². The van der Waals surface area contributed by atoms with Crippen molar-refractivity contribution >= 4 is 5.91 Å². The zero-order valence-electron chi connectivity index (χ0n) is 12.5. The predicted octanol–water partition coefficient (Wildman–Crippen LogP) is 0.959. The van der Waals surface area contributed by atoms with Crippen molar-refractivity contribution in [2.45, 2.75) is 64.6 Å². The number of nitrogens with two attached hydrogens (primary N) is 1. The van der Waals surface area contributed by atoms with Crippen LogP contribution in [-0.2, 0) is 17.8 Å². The number of aromatic nitrogens is 3. The number of rotatable bonds is 5. The van der Waals surface area contributed by atoms with Crippen molar-refractivity contribution in [1.29, 1.82) is 0 Å². The molecule has 1 saturated heterocycles. The maximum absolute atomic E-state index is 12.4. The van der Waals surface area contributed by atoms with E-state index in [1.54, 1.807) is 4.68 Å². The van der Waals surface area contributed by atoms with Crippen molar-refractivity contribution in [3.05, 3.63) is 11.9 Å². The lowest BCUT2D eigenvalue weighted by Gasteiger charge is -2.39. The molecule has 2 rings (SSSR count). The standard InChI is InChI=1S/C14H25N5O/c1-11-5-3-6-12(2)19(11)14(20)10-18-9-13(16-17-18)7-4-8-15/h9,11-12H,3-8,10,15H2,1-2H3. The molecule has 2 unspecified atom stereocenters. The second-order valence-corrected chi connectivity index (χ2v) is 5.73. The second-order valence-electron chi connectivity index (χ2n) is 5.73. The summed E-state index contributed by atoms with van der Waals surface area (Å²) in [6.45, 7) is 5.18. The van der Waals surface area contributed by atoms with Crippen LogP contribution in [0.1, 0.15) is 45.2 Å². The van der Waals surface area contributed by atoms with Gasteiger partial charge in [0.1, 0.15) is 6.54 Å². The fourth-order valence-electron chi connectivity index (χ4n) is 2.95. The Kier molecular flexibility index (Phi) is 5.11. The van der Waals surface area contributed by atoms with Gasteiger partial charge in [-0.3, -0.25) is 4.79 Å². The Balaban J connectivity index is 1.94. The van der Waals surface area contributed by atoms with Crippen molar-refractivity contribution in [2.75, 3.05) is 6.54 Å². The first-order chi connectivity index (χ1) is 9.61. The smallest absolute Gasteiger partial charge is 0.244 e. The van der Waals surface area contributed by atoms with Gasteiger partial charge >= 0.3 is 0 Å². The molecule has 1 aromatic heterocycles. The molecule has 0 spiro atoms. The fraction of sp³-hybridized carbons (Fsp3) is 0.786. The molecule has 0 aliphatic carbocycles. The molecule has 1 aromatic rings. The molecular weight excluding hydrogens is 254 g/mol. The first-order valence-electron chi connectivity index (χ1n) is 7.52. The van der Waals surface area contributed by atoms with Gasteiger partial charge in [0.2, 0.25) is 5.91 Å². The van der Waals surface area contributed by atoms with E-state index in [-0.39, 0.29) is 12.5 Å². The highest BCUT2D eigenvalue weighted by Crippen LogP contribution is 2.22. The minimum atomic E-state index is 0.139. The number of carbonyl (C=O) groups excluding carboxylic acids is 1. The van der Waals surface area contributed by atoms with Crippen molar-refractivity contribution in [1.82, 2.24) is 19.9 Å². The maximum Gasteiger partial charge on any atom is 0.244 e. The molecule has 2 heterocycles. The number of hydrogen-bond acceptors (Lipinski definition) is 4. The molecular formula is C14H25N5O. The third-order valence-corrected chi connectivity index (χ3v) is 4.00. The zero-order valence-corrected chi connectivity index (χ0v) is 12.5. The number of amides is 1. The quantitative estimate of drug-likeness (QED) is 0.871. The highest BCUT2D eigenvalue weighted by atomic mass is 16.2. The van der Waals surface area contributed by atoms with Crippen LogP contribution < -0.4 is 5.73 Å². The Morgan fingerprint density at radius 2 is 2.10 bits per heavy atom. The van der Waals surface area contributed by atoms with E-state index in [9.17, 15) is 4.79 Å². The van der Waals surface area contributed by atoms with Gasteiger partial charge in [-0.25, -0.2) is 4.68 Å². The minimum Gasteiger partial charge on any atom is -0.336 e. The molecule has 0 bridgehead atoms. The molecule has 0 saturated carbocycles. The summed E-state index contributed by atoms with van der Waals surface area (Å²) in [5, 5.41) is 8.11. The Morgan fingerprint density at radius 1 is 1.40 bits per heavy atom. The first-order valence-corrected chi connectivity index (χ1v) is 7.52.